The van der Waals surface area contributed by atoms with Crippen molar-refractivity contribution in [2.24, 2.45) is 5.92 Å². The predicted octanol–water partition coefficient (Wildman–Crippen LogP) is 3.42. The zero-order valence-electron chi connectivity index (χ0n) is 17.1. The van der Waals surface area contributed by atoms with Gasteiger partial charge in [-0.25, -0.2) is 4.98 Å². The first-order chi connectivity index (χ1) is 14.1. The van der Waals surface area contributed by atoms with Crippen molar-refractivity contribution >= 4 is 17.8 Å². The first-order valence-corrected chi connectivity index (χ1v) is 10.1. The fourth-order valence-corrected chi connectivity index (χ4v) is 3.44. The van der Waals surface area contributed by atoms with Crippen LogP contribution >= 0.6 is 0 Å². The van der Waals surface area contributed by atoms with Gasteiger partial charge in [-0.3, -0.25) is 0 Å². The average Bonchev–Trinajstić information content (AvgIpc) is 3.39. The van der Waals surface area contributed by atoms with Crippen molar-refractivity contribution in [1.29, 1.82) is 0 Å². The van der Waals surface area contributed by atoms with Crippen LogP contribution in [-0.2, 0) is 4.79 Å². The van der Waals surface area contributed by atoms with E-state index in [1.807, 2.05) is 32.2 Å². The lowest BCUT2D eigenvalue weighted by molar-refractivity contribution is -0.110. The molecule has 4 rings (SSSR count). The smallest absolute Gasteiger partial charge is 0.160 e. The average molecular weight is 396 g/mol. The number of likely N-dealkylation sites (N-methyl/N-ethyl adjacent to an activating group) is 1. The Balaban J connectivity index is 0.000000290. The summed E-state index contributed by atoms with van der Waals surface area (Å²) < 4.78 is 1.79. The Bertz CT molecular complexity index is 948. The number of hydrogen-bond acceptors (Lipinski definition) is 6. The summed E-state index contributed by atoms with van der Waals surface area (Å²) in [5.41, 5.74) is 3.21. The summed E-state index contributed by atoms with van der Waals surface area (Å²) in [4.78, 5) is 14.6. The first kappa shape index (κ1) is 20.8. The minimum Gasteiger partial charge on any atom is -0.507 e. The van der Waals surface area contributed by atoms with Crippen LogP contribution in [0.5, 0.6) is 5.75 Å². The molecule has 0 atom stereocenters. The second-order valence-corrected chi connectivity index (χ2v) is 7.32. The third-order valence-electron chi connectivity index (χ3n) is 5.10. The summed E-state index contributed by atoms with van der Waals surface area (Å²) in [6, 6.07) is 9.12. The molecule has 0 aliphatic heterocycles. The molecule has 3 N–H and O–H groups in total. The second kappa shape index (κ2) is 10.0. The van der Waals surface area contributed by atoms with E-state index in [0.717, 1.165) is 54.9 Å². The van der Waals surface area contributed by atoms with Crippen LogP contribution in [0.1, 0.15) is 31.2 Å². The van der Waals surface area contributed by atoms with Gasteiger partial charge in [0.1, 0.15) is 17.9 Å². The number of anilines is 1. The molecule has 3 aromatic rings. The maximum Gasteiger partial charge on any atom is 0.160 e. The highest BCUT2D eigenvalue weighted by Crippen LogP contribution is 2.29. The van der Waals surface area contributed by atoms with E-state index in [1.54, 1.807) is 22.8 Å². The molecule has 1 saturated carbocycles. The van der Waals surface area contributed by atoms with Crippen LogP contribution in [0, 0.1) is 12.8 Å². The summed E-state index contributed by atoms with van der Waals surface area (Å²) in [5.74, 6) is 1.49. The molecule has 1 aliphatic carbocycles. The van der Waals surface area contributed by atoms with Crippen molar-refractivity contribution in [3.8, 4) is 17.0 Å². The topological polar surface area (TPSA) is 91.5 Å². The highest BCUT2D eigenvalue weighted by molar-refractivity contribution is 5.72. The van der Waals surface area contributed by atoms with E-state index in [4.69, 9.17) is 0 Å². The van der Waals surface area contributed by atoms with Crippen LogP contribution in [0.2, 0.25) is 0 Å². The van der Waals surface area contributed by atoms with Gasteiger partial charge < -0.3 is 20.5 Å². The molecule has 1 fully saturated rings. The molecule has 0 bridgehead atoms. The SMILES string of the molecule is CNCCNc1cc(-c2ccccc2O)nc2c(C)cnn12.O=CC1CCCC1. The summed E-state index contributed by atoms with van der Waals surface area (Å²) in [5, 5.41) is 20.9. The molecule has 0 spiro atoms. The Morgan fingerprint density at radius 1 is 1.24 bits per heavy atom. The number of aromatic hydroxyl groups is 1. The summed E-state index contributed by atoms with van der Waals surface area (Å²) in [7, 11) is 1.91. The predicted molar refractivity (Wildman–Crippen MR) is 115 cm³/mol. The molecule has 7 nitrogen and oxygen atoms in total. The minimum atomic E-state index is 0.220. The van der Waals surface area contributed by atoms with Gasteiger partial charge in [0.15, 0.2) is 5.65 Å². The Kier molecular flexibility index (Phi) is 7.19. The Morgan fingerprint density at radius 2 is 2.00 bits per heavy atom. The van der Waals surface area contributed by atoms with Crippen LogP contribution in [0.3, 0.4) is 0 Å². The van der Waals surface area contributed by atoms with E-state index >= 15 is 0 Å². The molecule has 0 saturated heterocycles. The lowest BCUT2D eigenvalue weighted by Gasteiger charge is -2.11. The zero-order chi connectivity index (χ0) is 20.6. The highest BCUT2D eigenvalue weighted by Gasteiger charge is 2.13. The normalized spacial score (nSPS) is 13.9. The number of phenols is 1. The van der Waals surface area contributed by atoms with E-state index in [9.17, 15) is 9.90 Å². The van der Waals surface area contributed by atoms with E-state index in [0.29, 0.717) is 11.5 Å². The van der Waals surface area contributed by atoms with Crippen molar-refractivity contribution in [2.75, 3.05) is 25.5 Å². The highest BCUT2D eigenvalue weighted by atomic mass is 16.3. The quantitative estimate of drug-likeness (QED) is 0.438. The molecule has 2 heterocycles. The molecule has 154 valence electrons. The molecule has 7 heteroatoms. The molecule has 1 aromatic carbocycles. The van der Waals surface area contributed by atoms with Gasteiger partial charge in [0.2, 0.25) is 0 Å². The number of aromatic nitrogens is 3. The summed E-state index contributed by atoms with van der Waals surface area (Å²) in [6.45, 7) is 3.59. The zero-order valence-corrected chi connectivity index (χ0v) is 17.1. The lowest BCUT2D eigenvalue weighted by atomic mass is 10.1. The number of nitrogens with zero attached hydrogens (tertiary/aromatic N) is 3. The number of aryl methyl sites for hydroxylation is 1. The third kappa shape index (κ3) is 5.12. The number of benzene rings is 1. The number of carbonyl (C=O) groups excluding carboxylic acids is 1. The van der Waals surface area contributed by atoms with Crippen LogP contribution in [0.15, 0.2) is 36.5 Å². The minimum absolute atomic E-state index is 0.220. The standard InChI is InChI=1S/C16H19N5O.C6H10O/c1-11-10-19-21-15(18-8-7-17-2)9-13(20-16(11)21)12-5-3-4-6-14(12)22;7-5-6-3-1-2-4-6/h3-6,9-10,17-18,22H,7-8H2,1-2H3;5-6H,1-4H2. The number of carbonyl (C=O) groups is 1. The summed E-state index contributed by atoms with van der Waals surface area (Å²) >= 11 is 0. The van der Waals surface area contributed by atoms with Gasteiger partial charge in [-0.1, -0.05) is 25.0 Å². The monoisotopic (exact) mass is 395 g/mol. The molecule has 0 unspecified atom stereocenters. The number of fused-ring (bicyclic) bond motifs is 1. The fourth-order valence-electron chi connectivity index (χ4n) is 3.44. The second-order valence-electron chi connectivity index (χ2n) is 7.32. The van der Waals surface area contributed by atoms with Gasteiger partial charge in [0, 0.05) is 36.2 Å². The van der Waals surface area contributed by atoms with Crippen molar-refractivity contribution in [1.82, 2.24) is 19.9 Å². The number of hydrogen-bond donors (Lipinski definition) is 3. The van der Waals surface area contributed by atoms with Gasteiger partial charge in [-0.15, -0.1) is 0 Å². The Hall–Kier alpha value is -2.93. The van der Waals surface area contributed by atoms with Gasteiger partial charge in [-0.2, -0.15) is 9.61 Å². The van der Waals surface area contributed by atoms with E-state index in [1.165, 1.54) is 12.8 Å². The number of phenolic OH excluding ortho intramolecular Hbond substituents is 1. The van der Waals surface area contributed by atoms with Gasteiger partial charge in [0.25, 0.3) is 0 Å². The molecule has 1 aliphatic rings. The van der Waals surface area contributed by atoms with Gasteiger partial charge >= 0.3 is 0 Å². The molecule has 0 amide bonds. The van der Waals surface area contributed by atoms with Crippen LogP contribution in [-0.4, -0.2) is 46.1 Å². The number of aldehydes is 1. The molecule has 0 radical (unpaired) electrons. The maximum atomic E-state index is 10.1. The lowest BCUT2D eigenvalue weighted by Crippen LogP contribution is -2.19. The van der Waals surface area contributed by atoms with E-state index < -0.39 is 0 Å². The molecule has 29 heavy (non-hydrogen) atoms. The van der Waals surface area contributed by atoms with Gasteiger partial charge in [-0.05, 0) is 38.9 Å². The van der Waals surface area contributed by atoms with Crippen molar-refractivity contribution in [3.63, 3.8) is 0 Å². The largest absolute Gasteiger partial charge is 0.507 e. The number of para-hydroxylation sites is 1. The third-order valence-corrected chi connectivity index (χ3v) is 5.10. The summed E-state index contributed by atoms with van der Waals surface area (Å²) in [6.07, 6.45) is 7.70. The van der Waals surface area contributed by atoms with Gasteiger partial charge in [0.05, 0.1) is 11.9 Å². The first-order valence-electron chi connectivity index (χ1n) is 10.1. The van der Waals surface area contributed by atoms with Crippen LogP contribution < -0.4 is 10.6 Å². The van der Waals surface area contributed by atoms with E-state index in [2.05, 4.69) is 20.7 Å². The fraction of sp³-hybridized carbons (Fsp3) is 0.409. The van der Waals surface area contributed by atoms with Crippen LogP contribution in [0.4, 0.5) is 5.82 Å². The van der Waals surface area contributed by atoms with Crippen molar-refractivity contribution in [2.45, 2.75) is 32.6 Å². The molecular formula is C22H29N5O2. The van der Waals surface area contributed by atoms with Crippen molar-refractivity contribution < 1.29 is 9.90 Å². The van der Waals surface area contributed by atoms with Crippen LogP contribution in [0.25, 0.3) is 16.9 Å². The maximum absolute atomic E-state index is 10.1. The number of rotatable bonds is 6. The number of nitrogens with one attached hydrogen (secondary N) is 2. The Morgan fingerprint density at radius 3 is 2.66 bits per heavy atom. The molecule has 2 aromatic heterocycles. The molecular weight excluding hydrogens is 366 g/mol. The van der Waals surface area contributed by atoms with Crippen molar-refractivity contribution in [3.05, 3.63) is 42.1 Å². The van der Waals surface area contributed by atoms with E-state index in [-0.39, 0.29) is 5.75 Å². The Labute approximate surface area is 171 Å².